The van der Waals surface area contributed by atoms with Gasteiger partial charge in [0.2, 0.25) is 0 Å². The van der Waals surface area contributed by atoms with E-state index in [2.05, 4.69) is 19.7 Å². The van der Waals surface area contributed by atoms with Gasteiger partial charge in [0.1, 0.15) is 0 Å². The molecule has 0 aliphatic heterocycles. The van der Waals surface area contributed by atoms with Gasteiger partial charge in [0, 0.05) is 17.4 Å². The molecule has 0 atom stereocenters. The van der Waals surface area contributed by atoms with Crippen LogP contribution in [0.1, 0.15) is 20.8 Å². The van der Waals surface area contributed by atoms with Gasteiger partial charge in [0.25, 0.3) is 0 Å². The molecule has 0 heterocycles. The second-order valence-electron chi connectivity index (χ2n) is 2.28. The minimum absolute atomic E-state index is 0. The molecule has 0 amide bonds. The van der Waals surface area contributed by atoms with Crippen LogP contribution in [-0.4, -0.2) is 0 Å². The third-order valence-corrected chi connectivity index (χ3v) is 0.986. The standard InChI is InChI=1S/3C5H8.Cr/c3*1-3-5-4-2;/h3*3-5H,1H2,2H3;. The van der Waals surface area contributed by atoms with Crippen molar-refractivity contribution >= 4 is 0 Å². The van der Waals surface area contributed by atoms with Crippen molar-refractivity contribution in [3.63, 3.8) is 0 Å². The van der Waals surface area contributed by atoms with Crippen LogP contribution in [0.4, 0.5) is 0 Å². The summed E-state index contributed by atoms with van der Waals surface area (Å²) in [6.45, 7) is 16.3. The quantitative estimate of drug-likeness (QED) is 0.605. The summed E-state index contributed by atoms with van der Waals surface area (Å²) in [5.41, 5.74) is 0. The Morgan fingerprint density at radius 1 is 0.562 bits per heavy atom. The molecular weight excluding hydrogens is 232 g/mol. The maximum absolute atomic E-state index is 3.46. The largest absolute Gasteiger partial charge is 0.0991 e. The van der Waals surface area contributed by atoms with Gasteiger partial charge in [-0.3, -0.25) is 0 Å². The molecule has 0 nitrogen and oxygen atoms in total. The van der Waals surface area contributed by atoms with Gasteiger partial charge in [-0.05, 0) is 20.8 Å². The van der Waals surface area contributed by atoms with Gasteiger partial charge in [0.15, 0.2) is 0 Å². The van der Waals surface area contributed by atoms with Gasteiger partial charge in [-0.2, -0.15) is 0 Å². The molecule has 0 aliphatic rings. The van der Waals surface area contributed by atoms with Crippen molar-refractivity contribution in [2.45, 2.75) is 20.8 Å². The summed E-state index contributed by atoms with van der Waals surface area (Å²) in [4.78, 5) is 0. The average Bonchev–Trinajstić information content (AvgIpc) is 2.23. The Balaban J connectivity index is -0.0000000655. The first-order valence-electron chi connectivity index (χ1n) is 4.96. The topological polar surface area (TPSA) is 0 Å². The van der Waals surface area contributed by atoms with Crippen molar-refractivity contribution in [3.8, 4) is 0 Å². The van der Waals surface area contributed by atoms with E-state index in [4.69, 9.17) is 0 Å². The number of allylic oxidation sites excluding steroid dienone is 9. The Morgan fingerprint density at radius 3 is 0.750 bits per heavy atom. The van der Waals surface area contributed by atoms with Crippen LogP contribution >= 0.6 is 0 Å². The van der Waals surface area contributed by atoms with Crippen molar-refractivity contribution in [2.24, 2.45) is 0 Å². The fraction of sp³-hybridized carbons (Fsp3) is 0.200. The van der Waals surface area contributed by atoms with E-state index in [1.54, 1.807) is 18.2 Å². The van der Waals surface area contributed by atoms with Gasteiger partial charge in [-0.15, -0.1) is 0 Å². The Bertz CT molecular complexity index is 169. The predicted molar refractivity (Wildman–Crippen MR) is 75.0 cm³/mol. The summed E-state index contributed by atoms with van der Waals surface area (Å²) in [6, 6.07) is 0. The van der Waals surface area contributed by atoms with Crippen molar-refractivity contribution in [3.05, 3.63) is 74.4 Å². The molecule has 0 radical (unpaired) electrons. The summed E-state index contributed by atoms with van der Waals surface area (Å²) >= 11 is 0. The Kier molecular flexibility index (Phi) is 56.1. The fourth-order valence-electron chi connectivity index (χ4n) is 0.408. The third-order valence-electron chi connectivity index (χ3n) is 0.986. The fourth-order valence-corrected chi connectivity index (χ4v) is 0.408. The predicted octanol–water partition coefficient (Wildman–Crippen LogP) is 5.24. The van der Waals surface area contributed by atoms with E-state index in [1.807, 2.05) is 57.2 Å². The molecule has 0 aromatic rings. The first kappa shape index (κ1) is 24.3. The molecule has 0 aromatic carbocycles. The monoisotopic (exact) mass is 256 g/mol. The Morgan fingerprint density at radius 2 is 0.750 bits per heavy atom. The third kappa shape index (κ3) is 75.2. The molecule has 0 saturated heterocycles. The normalized spacial score (nSPS) is 8.44. The zero-order valence-electron chi connectivity index (χ0n) is 10.7. The van der Waals surface area contributed by atoms with Gasteiger partial charge >= 0.3 is 0 Å². The molecule has 0 unspecified atom stereocenters. The van der Waals surface area contributed by atoms with Crippen molar-refractivity contribution in [1.29, 1.82) is 0 Å². The molecular formula is C15H24Cr. The van der Waals surface area contributed by atoms with Gasteiger partial charge in [0.05, 0.1) is 0 Å². The first-order chi connectivity index (χ1) is 7.24. The SMILES string of the molecule is C=CC=CC.C=CC=CC.C=CC=CC.[Cr]. The van der Waals surface area contributed by atoms with Crippen LogP contribution in [0.25, 0.3) is 0 Å². The number of hydrogen-bond donors (Lipinski definition) is 0. The molecule has 90 valence electrons. The summed E-state index contributed by atoms with van der Waals surface area (Å²) in [6.07, 6.45) is 16.7. The van der Waals surface area contributed by atoms with Crippen LogP contribution < -0.4 is 0 Å². The van der Waals surface area contributed by atoms with Crippen molar-refractivity contribution in [2.75, 3.05) is 0 Å². The van der Waals surface area contributed by atoms with E-state index in [-0.39, 0.29) is 17.4 Å². The molecule has 0 rings (SSSR count). The minimum Gasteiger partial charge on any atom is -0.0991 e. The second kappa shape index (κ2) is 37.0. The molecule has 0 saturated carbocycles. The molecule has 0 N–H and O–H groups in total. The molecule has 0 aliphatic carbocycles. The smallest absolute Gasteiger partial charge is 0 e. The zero-order chi connectivity index (χ0) is 12.4. The molecule has 0 aromatic heterocycles. The first-order valence-corrected chi connectivity index (χ1v) is 4.96. The Labute approximate surface area is 113 Å². The maximum Gasteiger partial charge on any atom is 0 e. The van der Waals surface area contributed by atoms with Crippen LogP contribution in [0.15, 0.2) is 74.4 Å². The average molecular weight is 256 g/mol. The number of rotatable bonds is 3. The zero-order valence-corrected chi connectivity index (χ0v) is 12.0. The summed E-state index contributed by atoms with van der Waals surface area (Å²) in [5.74, 6) is 0. The van der Waals surface area contributed by atoms with Crippen LogP contribution in [0.5, 0.6) is 0 Å². The van der Waals surface area contributed by atoms with E-state index in [9.17, 15) is 0 Å². The van der Waals surface area contributed by atoms with Gasteiger partial charge < -0.3 is 0 Å². The van der Waals surface area contributed by atoms with E-state index < -0.39 is 0 Å². The van der Waals surface area contributed by atoms with Crippen LogP contribution in [-0.2, 0) is 17.4 Å². The van der Waals surface area contributed by atoms with E-state index in [0.717, 1.165) is 0 Å². The van der Waals surface area contributed by atoms with Crippen LogP contribution in [0.3, 0.4) is 0 Å². The summed E-state index contributed by atoms with van der Waals surface area (Å²) in [5, 5.41) is 0. The Hall–Kier alpha value is -1.03. The molecule has 0 spiro atoms. The summed E-state index contributed by atoms with van der Waals surface area (Å²) < 4.78 is 0. The summed E-state index contributed by atoms with van der Waals surface area (Å²) in [7, 11) is 0. The molecule has 1 heteroatoms. The molecule has 0 bridgehead atoms. The van der Waals surface area contributed by atoms with Crippen LogP contribution in [0, 0.1) is 0 Å². The second-order valence-corrected chi connectivity index (χ2v) is 2.28. The van der Waals surface area contributed by atoms with Gasteiger partial charge in [-0.25, -0.2) is 0 Å². The van der Waals surface area contributed by atoms with E-state index >= 15 is 0 Å². The van der Waals surface area contributed by atoms with E-state index in [0.29, 0.717) is 0 Å². The van der Waals surface area contributed by atoms with Gasteiger partial charge in [-0.1, -0.05) is 74.4 Å². The maximum atomic E-state index is 3.46. The molecule has 16 heavy (non-hydrogen) atoms. The number of hydrogen-bond acceptors (Lipinski definition) is 0. The van der Waals surface area contributed by atoms with Crippen molar-refractivity contribution in [1.82, 2.24) is 0 Å². The van der Waals surface area contributed by atoms with Crippen LogP contribution in [0.2, 0.25) is 0 Å². The minimum atomic E-state index is 0. The molecule has 0 fully saturated rings. The van der Waals surface area contributed by atoms with E-state index in [1.165, 1.54) is 0 Å². The van der Waals surface area contributed by atoms with Crippen molar-refractivity contribution < 1.29 is 17.4 Å².